The van der Waals surface area contributed by atoms with E-state index in [0.29, 0.717) is 0 Å². The van der Waals surface area contributed by atoms with Crippen LogP contribution in [0.25, 0.3) is 0 Å². The van der Waals surface area contributed by atoms with E-state index < -0.39 is 26.3 Å². The van der Waals surface area contributed by atoms with Crippen molar-refractivity contribution < 1.29 is 27.5 Å². The van der Waals surface area contributed by atoms with Crippen LogP contribution < -0.4 is 9.47 Å². The number of benzene rings is 2. The van der Waals surface area contributed by atoms with Gasteiger partial charge in [0.2, 0.25) is 15.6 Å². The lowest BCUT2D eigenvalue weighted by Crippen LogP contribution is -2.24. The minimum absolute atomic E-state index is 0.000272. The number of Topliss-reactive ketones (excluding diaryl/α,β-unsaturated/α-hetero) is 1. The monoisotopic (exact) mass is 372 g/mol. The highest BCUT2D eigenvalue weighted by molar-refractivity contribution is 7.96. The maximum absolute atomic E-state index is 13.0. The molecule has 0 radical (unpaired) electrons. The average molecular weight is 372 g/mol. The molecule has 0 atom stereocenters. The molecule has 0 N–H and O–H groups in total. The molecular weight excluding hydrogens is 356 g/mol. The van der Waals surface area contributed by atoms with Gasteiger partial charge in [-0.1, -0.05) is 17.7 Å². The zero-order valence-corrected chi connectivity index (χ0v) is 15.2. The molecule has 0 saturated carbocycles. The summed E-state index contributed by atoms with van der Waals surface area (Å²) in [6.07, 6.45) is 0.849. The highest BCUT2D eigenvalue weighted by Crippen LogP contribution is 2.38. The SMILES string of the molecule is COc1ccc(OC)c2c1C(=O)C=C(S(=O)(=O)c1ccc(C)cc1)C2=O. The van der Waals surface area contributed by atoms with Gasteiger partial charge < -0.3 is 9.47 Å². The molecule has 0 heterocycles. The van der Waals surface area contributed by atoms with Gasteiger partial charge >= 0.3 is 0 Å². The highest BCUT2D eigenvalue weighted by atomic mass is 32.2. The van der Waals surface area contributed by atoms with Crippen molar-refractivity contribution in [1.29, 1.82) is 0 Å². The van der Waals surface area contributed by atoms with Gasteiger partial charge in [0, 0.05) is 6.08 Å². The molecule has 0 bridgehead atoms. The number of methoxy groups -OCH3 is 2. The van der Waals surface area contributed by atoms with Crippen LogP contribution in [0.2, 0.25) is 0 Å². The van der Waals surface area contributed by atoms with E-state index in [-0.39, 0.29) is 27.5 Å². The van der Waals surface area contributed by atoms with Crippen molar-refractivity contribution in [2.24, 2.45) is 0 Å². The number of fused-ring (bicyclic) bond motifs is 1. The summed E-state index contributed by atoms with van der Waals surface area (Å²) in [5, 5.41) is 0. The molecule has 2 aromatic rings. The predicted octanol–water partition coefficient (Wildman–Crippen LogP) is 2.75. The molecule has 6 nitrogen and oxygen atoms in total. The molecule has 134 valence electrons. The first-order valence-electron chi connectivity index (χ1n) is 7.68. The van der Waals surface area contributed by atoms with Crippen molar-refractivity contribution >= 4 is 21.4 Å². The molecule has 0 unspecified atom stereocenters. The summed E-state index contributed by atoms with van der Waals surface area (Å²) < 4.78 is 36.1. The lowest BCUT2D eigenvalue weighted by Gasteiger charge is -2.20. The van der Waals surface area contributed by atoms with Crippen LogP contribution in [-0.2, 0) is 9.84 Å². The van der Waals surface area contributed by atoms with Crippen LogP contribution >= 0.6 is 0 Å². The van der Waals surface area contributed by atoms with Gasteiger partial charge in [0.15, 0.2) is 5.78 Å². The normalized spacial score (nSPS) is 13.9. The number of rotatable bonds is 4. The second kappa shape index (κ2) is 6.42. The van der Waals surface area contributed by atoms with E-state index in [2.05, 4.69) is 0 Å². The van der Waals surface area contributed by atoms with Crippen molar-refractivity contribution in [1.82, 2.24) is 0 Å². The molecule has 3 rings (SSSR count). The summed E-state index contributed by atoms with van der Waals surface area (Å²) in [4.78, 5) is 24.9. The van der Waals surface area contributed by atoms with E-state index >= 15 is 0 Å². The van der Waals surface area contributed by atoms with E-state index in [1.165, 1.54) is 38.5 Å². The average Bonchev–Trinajstić information content (AvgIpc) is 2.63. The quantitative estimate of drug-likeness (QED) is 0.820. The van der Waals surface area contributed by atoms with Gasteiger partial charge in [0.25, 0.3) is 0 Å². The van der Waals surface area contributed by atoms with Crippen LogP contribution in [0.4, 0.5) is 0 Å². The van der Waals surface area contributed by atoms with Crippen molar-refractivity contribution in [3.63, 3.8) is 0 Å². The molecule has 0 aromatic heterocycles. The first kappa shape index (κ1) is 17.9. The second-order valence-corrected chi connectivity index (χ2v) is 7.66. The first-order chi connectivity index (χ1) is 12.3. The van der Waals surface area contributed by atoms with Crippen molar-refractivity contribution in [3.05, 3.63) is 64.1 Å². The number of ketones is 2. The molecule has 2 aromatic carbocycles. The molecule has 0 aliphatic heterocycles. The number of carbonyl (C=O) groups excluding carboxylic acids is 2. The van der Waals surface area contributed by atoms with Crippen LogP contribution in [0.15, 0.2) is 52.3 Å². The number of allylic oxidation sites excluding steroid dienone is 2. The Bertz CT molecular complexity index is 1050. The highest BCUT2D eigenvalue weighted by Gasteiger charge is 2.38. The molecule has 0 spiro atoms. The Morgan fingerprint density at radius 1 is 0.808 bits per heavy atom. The smallest absolute Gasteiger partial charge is 0.210 e. The number of hydrogen-bond acceptors (Lipinski definition) is 6. The minimum Gasteiger partial charge on any atom is -0.496 e. The van der Waals surface area contributed by atoms with Gasteiger partial charge in [-0.2, -0.15) is 0 Å². The zero-order valence-electron chi connectivity index (χ0n) is 14.4. The van der Waals surface area contributed by atoms with E-state index in [0.717, 1.165) is 11.6 Å². The summed E-state index contributed by atoms with van der Waals surface area (Å²) in [5.41, 5.74) is 0.769. The molecule has 7 heteroatoms. The van der Waals surface area contributed by atoms with Crippen molar-refractivity contribution in [2.75, 3.05) is 14.2 Å². The maximum atomic E-state index is 13.0. The molecule has 0 saturated heterocycles. The lowest BCUT2D eigenvalue weighted by molar-refractivity contribution is 0.0985. The third-order valence-electron chi connectivity index (χ3n) is 4.15. The Morgan fingerprint density at radius 2 is 1.35 bits per heavy atom. The molecule has 0 amide bonds. The number of carbonyl (C=O) groups is 2. The number of ether oxygens (including phenoxy) is 2. The predicted molar refractivity (Wildman–Crippen MR) is 94.7 cm³/mol. The van der Waals surface area contributed by atoms with Gasteiger partial charge in [-0.3, -0.25) is 9.59 Å². The second-order valence-electron chi connectivity index (χ2n) is 5.74. The molecule has 1 aliphatic rings. The van der Waals surface area contributed by atoms with E-state index in [4.69, 9.17) is 9.47 Å². The Morgan fingerprint density at radius 3 is 1.88 bits per heavy atom. The van der Waals surface area contributed by atoms with E-state index in [1.54, 1.807) is 12.1 Å². The number of hydrogen-bond donors (Lipinski definition) is 0. The zero-order chi connectivity index (χ0) is 19.1. The summed E-state index contributed by atoms with van der Waals surface area (Å²) in [6, 6.07) is 9.02. The molecule has 1 aliphatic carbocycles. The van der Waals surface area contributed by atoms with E-state index in [9.17, 15) is 18.0 Å². The fourth-order valence-electron chi connectivity index (χ4n) is 2.80. The number of aryl methyl sites for hydroxylation is 1. The van der Waals surface area contributed by atoms with Crippen LogP contribution in [0.5, 0.6) is 11.5 Å². The van der Waals surface area contributed by atoms with Crippen LogP contribution in [0.3, 0.4) is 0 Å². The van der Waals surface area contributed by atoms with Crippen molar-refractivity contribution in [2.45, 2.75) is 11.8 Å². The summed E-state index contributed by atoms with van der Waals surface area (Å²) in [7, 11) is -1.45. The lowest BCUT2D eigenvalue weighted by atomic mass is 9.93. The first-order valence-corrected chi connectivity index (χ1v) is 9.17. The fourth-order valence-corrected chi connectivity index (χ4v) is 4.16. The largest absolute Gasteiger partial charge is 0.496 e. The Kier molecular flexibility index (Phi) is 4.41. The van der Waals surface area contributed by atoms with Crippen LogP contribution in [0.1, 0.15) is 26.3 Å². The molecule has 26 heavy (non-hydrogen) atoms. The fraction of sp³-hybridized carbons (Fsp3) is 0.158. The third kappa shape index (κ3) is 2.70. The van der Waals surface area contributed by atoms with Crippen molar-refractivity contribution in [3.8, 4) is 11.5 Å². The summed E-state index contributed by atoms with van der Waals surface area (Å²) >= 11 is 0. The third-order valence-corrected chi connectivity index (χ3v) is 5.92. The van der Waals surface area contributed by atoms with Gasteiger partial charge in [0.1, 0.15) is 16.4 Å². The summed E-state index contributed by atoms with van der Waals surface area (Å²) in [5.74, 6) is -1.12. The Labute approximate surface area is 151 Å². The molecule has 0 fully saturated rings. The van der Waals surface area contributed by atoms with Gasteiger partial charge in [-0.15, -0.1) is 0 Å². The van der Waals surface area contributed by atoms with Gasteiger partial charge in [0.05, 0.1) is 30.2 Å². The standard InChI is InChI=1S/C19H16O6S/c1-11-4-6-12(7-5-11)26(22,23)16-10-13(20)17-14(24-2)8-9-15(25-3)18(17)19(16)21/h4-10H,1-3H3. The topological polar surface area (TPSA) is 86.7 Å². The Hall–Kier alpha value is -2.93. The minimum atomic E-state index is -4.15. The Balaban J connectivity index is 2.22. The van der Waals surface area contributed by atoms with Crippen LogP contribution in [0, 0.1) is 6.92 Å². The number of sulfone groups is 1. The van der Waals surface area contributed by atoms with Gasteiger partial charge in [-0.05, 0) is 31.2 Å². The maximum Gasteiger partial charge on any atom is 0.210 e. The molecular formula is C19H16O6S. The van der Waals surface area contributed by atoms with E-state index in [1.807, 2.05) is 6.92 Å². The summed E-state index contributed by atoms with van der Waals surface area (Å²) in [6.45, 7) is 1.82. The van der Waals surface area contributed by atoms with Crippen LogP contribution in [-0.4, -0.2) is 34.2 Å². The van der Waals surface area contributed by atoms with Gasteiger partial charge in [-0.25, -0.2) is 8.42 Å².